The number of methoxy groups -OCH3 is 1. The molecule has 0 aliphatic carbocycles. The summed E-state index contributed by atoms with van der Waals surface area (Å²) in [5.41, 5.74) is 4.10. The standard InChI is InChI=1S/C22H21N3O3S/c1-14-5-10-19(28-2)17(12-14)18-13-29-22(23-18)24-21(27)15-6-8-16(9-7-15)25-11-3-4-20(25)26/h5-10,12-13H,3-4,11H2,1-2H3,(H,23,24,27). The summed E-state index contributed by atoms with van der Waals surface area (Å²) >= 11 is 1.36. The Morgan fingerprint density at radius 2 is 2.00 bits per heavy atom. The number of ether oxygens (including phenoxy) is 1. The van der Waals surface area contributed by atoms with Crippen molar-refractivity contribution < 1.29 is 14.3 Å². The van der Waals surface area contributed by atoms with Crippen LogP contribution < -0.4 is 15.0 Å². The molecule has 0 saturated carbocycles. The number of aromatic nitrogens is 1. The summed E-state index contributed by atoms with van der Waals surface area (Å²) in [4.78, 5) is 30.7. The Kier molecular flexibility index (Phi) is 5.31. The molecule has 0 spiro atoms. The maximum Gasteiger partial charge on any atom is 0.257 e. The van der Waals surface area contributed by atoms with Crippen LogP contribution in [-0.2, 0) is 4.79 Å². The number of anilines is 2. The van der Waals surface area contributed by atoms with E-state index in [0.29, 0.717) is 17.1 Å². The van der Waals surface area contributed by atoms with Crippen molar-refractivity contribution in [3.8, 4) is 17.0 Å². The molecule has 2 amide bonds. The summed E-state index contributed by atoms with van der Waals surface area (Å²) in [5, 5.41) is 5.26. The number of aryl methyl sites for hydroxylation is 1. The predicted octanol–water partition coefficient (Wildman–Crippen LogP) is 4.51. The summed E-state index contributed by atoms with van der Waals surface area (Å²) in [6.45, 7) is 2.74. The number of benzene rings is 2. The van der Waals surface area contributed by atoms with Crippen LogP contribution in [0.1, 0.15) is 28.8 Å². The molecule has 148 valence electrons. The fourth-order valence-corrected chi connectivity index (χ4v) is 4.07. The second-order valence-corrected chi connectivity index (χ2v) is 7.75. The molecule has 4 rings (SSSR count). The van der Waals surface area contributed by atoms with Gasteiger partial charge in [-0.2, -0.15) is 0 Å². The number of hydrogen-bond acceptors (Lipinski definition) is 5. The van der Waals surface area contributed by atoms with E-state index < -0.39 is 0 Å². The number of carbonyl (C=O) groups is 2. The highest BCUT2D eigenvalue weighted by atomic mass is 32.1. The lowest BCUT2D eigenvalue weighted by atomic mass is 10.1. The lowest BCUT2D eigenvalue weighted by molar-refractivity contribution is -0.117. The van der Waals surface area contributed by atoms with Gasteiger partial charge in [0.1, 0.15) is 5.75 Å². The Hall–Kier alpha value is -3.19. The van der Waals surface area contributed by atoms with E-state index in [2.05, 4.69) is 10.3 Å². The predicted molar refractivity (Wildman–Crippen MR) is 115 cm³/mol. The summed E-state index contributed by atoms with van der Waals surface area (Å²) in [6.07, 6.45) is 1.46. The van der Waals surface area contributed by atoms with E-state index in [0.717, 1.165) is 41.2 Å². The van der Waals surface area contributed by atoms with Gasteiger partial charge in [-0.3, -0.25) is 14.9 Å². The number of nitrogens with one attached hydrogen (secondary N) is 1. The van der Waals surface area contributed by atoms with Crippen molar-refractivity contribution >= 4 is 34.0 Å². The molecule has 3 aromatic rings. The molecule has 7 heteroatoms. The van der Waals surface area contributed by atoms with E-state index >= 15 is 0 Å². The fraction of sp³-hybridized carbons (Fsp3) is 0.227. The third-order valence-electron chi connectivity index (χ3n) is 4.87. The minimum Gasteiger partial charge on any atom is -0.496 e. The highest BCUT2D eigenvalue weighted by Crippen LogP contribution is 2.33. The van der Waals surface area contributed by atoms with Gasteiger partial charge in [-0.15, -0.1) is 11.3 Å². The van der Waals surface area contributed by atoms with Crippen molar-refractivity contribution in [3.05, 3.63) is 59.0 Å². The van der Waals surface area contributed by atoms with Crippen molar-refractivity contribution in [2.75, 3.05) is 23.9 Å². The number of carbonyl (C=O) groups excluding carboxylic acids is 2. The summed E-state index contributed by atoms with van der Waals surface area (Å²) in [7, 11) is 1.63. The summed E-state index contributed by atoms with van der Waals surface area (Å²) in [5.74, 6) is 0.635. The first-order chi connectivity index (χ1) is 14.0. The maximum absolute atomic E-state index is 12.6. The van der Waals surface area contributed by atoms with Crippen LogP contribution in [0, 0.1) is 6.92 Å². The van der Waals surface area contributed by atoms with Crippen LogP contribution in [0.2, 0.25) is 0 Å². The molecule has 0 bridgehead atoms. The lowest BCUT2D eigenvalue weighted by Crippen LogP contribution is -2.23. The Labute approximate surface area is 173 Å². The van der Waals surface area contributed by atoms with Crippen molar-refractivity contribution in [1.82, 2.24) is 4.98 Å². The Morgan fingerprint density at radius 3 is 2.69 bits per heavy atom. The van der Waals surface area contributed by atoms with Crippen LogP contribution in [0.4, 0.5) is 10.8 Å². The number of amides is 2. The zero-order chi connectivity index (χ0) is 20.4. The SMILES string of the molecule is COc1ccc(C)cc1-c1csc(NC(=O)c2ccc(N3CCCC3=O)cc2)n1. The van der Waals surface area contributed by atoms with E-state index in [4.69, 9.17) is 4.74 Å². The lowest BCUT2D eigenvalue weighted by Gasteiger charge is -2.15. The summed E-state index contributed by atoms with van der Waals surface area (Å²) in [6, 6.07) is 13.0. The highest BCUT2D eigenvalue weighted by Gasteiger charge is 2.21. The first-order valence-electron chi connectivity index (χ1n) is 9.37. The average Bonchev–Trinajstić information content (AvgIpc) is 3.37. The molecule has 2 heterocycles. The van der Waals surface area contributed by atoms with E-state index in [-0.39, 0.29) is 11.8 Å². The van der Waals surface area contributed by atoms with Gasteiger partial charge >= 0.3 is 0 Å². The van der Waals surface area contributed by atoms with Crippen LogP contribution in [0.3, 0.4) is 0 Å². The number of hydrogen-bond donors (Lipinski definition) is 1. The third kappa shape index (κ3) is 4.00. The Morgan fingerprint density at radius 1 is 1.21 bits per heavy atom. The van der Waals surface area contributed by atoms with Crippen LogP contribution in [0.5, 0.6) is 5.75 Å². The van der Waals surface area contributed by atoms with Crippen molar-refractivity contribution in [3.63, 3.8) is 0 Å². The molecule has 29 heavy (non-hydrogen) atoms. The molecule has 2 aromatic carbocycles. The molecule has 1 N–H and O–H groups in total. The van der Waals surface area contributed by atoms with Gasteiger partial charge in [0, 0.05) is 35.2 Å². The Bertz CT molecular complexity index is 1060. The van der Waals surface area contributed by atoms with Gasteiger partial charge in [-0.25, -0.2) is 4.98 Å². The third-order valence-corrected chi connectivity index (χ3v) is 5.63. The van der Waals surface area contributed by atoms with Crippen LogP contribution in [0.25, 0.3) is 11.3 Å². The molecule has 1 aliphatic rings. The van der Waals surface area contributed by atoms with Gasteiger partial charge in [0.05, 0.1) is 12.8 Å². The van der Waals surface area contributed by atoms with Gasteiger partial charge < -0.3 is 9.64 Å². The van der Waals surface area contributed by atoms with Crippen molar-refractivity contribution in [1.29, 1.82) is 0 Å². The van der Waals surface area contributed by atoms with E-state index in [1.807, 2.05) is 42.6 Å². The number of thiazole rings is 1. The first-order valence-corrected chi connectivity index (χ1v) is 10.3. The van der Waals surface area contributed by atoms with Gasteiger partial charge in [0.2, 0.25) is 5.91 Å². The van der Waals surface area contributed by atoms with Gasteiger partial charge in [-0.05, 0) is 49.7 Å². The largest absolute Gasteiger partial charge is 0.496 e. The monoisotopic (exact) mass is 407 g/mol. The molecule has 1 saturated heterocycles. The molecule has 1 aliphatic heterocycles. The zero-order valence-electron chi connectivity index (χ0n) is 16.3. The molecule has 0 unspecified atom stereocenters. The van der Waals surface area contributed by atoms with Gasteiger partial charge in [0.25, 0.3) is 5.91 Å². The fourth-order valence-electron chi connectivity index (χ4n) is 3.36. The molecule has 6 nitrogen and oxygen atoms in total. The van der Waals surface area contributed by atoms with E-state index in [1.54, 1.807) is 24.1 Å². The normalized spacial score (nSPS) is 13.6. The van der Waals surface area contributed by atoms with Crippen molar-refractivity contribution in [2.24, 2.45) is 0 Å². The van der Waals surface area contributed by atoms with Crippen LogP contribution in [-0.4, -0.2) is 30.5 Å². The van der Waals surface area contributed by atoms with E-state index in [1.165, 1.54) is 11.3 Å². The molecular weight excluding hydrogens is 386 g/mol. The number of rotatable bonds is 5. The maximum atomic E-state index is 12.6. The van der Waals surface area contributed by atoms with E-state index in [9.17, 15) is 9.59 Å². The van der Waals surface area contributed by atoms with Crippen LogP contribution >= 0.6 is 11.3 Å². The topological polar surface area (TPSA) is 71.5 Å². The molecular formula is C22H21N3O3S. The smallest absolute Gasteiger partial charge is 0.257 e. The van der Waals surface area contributed by atoms with Gasteiger partial charge in [0.15, 0.2) is 5.13 Å². The quantitative estimate of drug-likeness (QED) is 0.676. The Balaban J connectivity index is 1.48. The molecule has 1 aromatic heterocycles. The highest BCUT2D eigenvalue weighted by molar-refractivity contribution is 7.14. The van der Waals surface area contributed by atoms with Gasteiger partial charge in [-0.1, -0.05) is 11.6 Å². The minimum atomic E-state index is -0.235. The summed E-state index contributed by atoms with van der Waals surface area (Å²) < 4.78 is 5.42. The molecule has 1 fully saturated rings. The molecule has 0 atom stereocenters. The first kappa shape index (κ1) is 19.1. The minimum absolute atomic E-state index is 0.129. The average molecular weight is 407 g/mol. The zero-order valence-corrected chi connectivity index (χ0v) is 17.1. The second kappa shape index (κ2) is 8.05. The van der Waals surface area contributed by atoms with Crippen molar-refractivity contribution in [2.45, 2.75) is 19.8 Å². The molecule has 0 radical (unpaired) electrons. The number of nitrogens with zero attached hydrogens (tertiary/aromatic N) is 2. The van der Waals surface area contributed by atoms with Crippen LogP contribution in [0.15, 0.2) is 47.8 Å². The second-order valence-electron chi connectivity index (χ2n) is 6.89.